The van der Waals surface area contributed by atoms with E-state index in [0.717, 1.165) is 22.8 Å². The summed E-state index contributed by atoms with van der Waals surface area (Å²) in [5.41, 5.74) is -0.571. The normalized spacial score (nSPS) is 25.3. The van der Waals surface area contributed by atoms with Gasteiger partial charge in [-0.3, -0.25) is 4.79 Å². The number of aliphatic carboxylic acids is 1. The van der Waals surface area contributed by atoms with Crippen molar-refractivity contribution >= 4 is 34.5 Å². The fraction of sp³-hybridized carbons (Fsp3) is 0.500. The van der Waals surface area contributed by atoms with Crippen LogP contribution in [0, 0.1) is 9.49 Å². The summed E-state index contributed by atoms with van der Waals surface area (Å²) in [6.45, 7) is 2.13. The van der Waals surface area contributed by atoms with Crippen molar-refractivity contribution in [2.45, 2.75) is 44.6 Å². The van der Waals surface area contributed by atoms with E-state index >= 15 is 0 Å². The largest absolute Gasteiger partial charge is 0.480 e. The zero-order valence-electron chi connectivity index (χ0n) is 12.1. The van der Waals surface area contributed by atoms with Crippen LogP contribution in [0.3, 0.4) is 0 Å². The molecule has 1 amide bonds. The fourth-order valence-corrected chi connectivity index (χ4v) is 3.53. The summed E-state index contributed by atoms with van der Waals surface area (Å²) in [7, 11) is 0. The number of hydrogen-bond acceptors (Lipinski definition) is 2. The third-order valence-electron chi connectivity index (χ3n) is 4.42. The van der Waals surface area contributed by atoms with Crippen molar-refractivity contribution in [3.05, 3.63) is 33.4 Å². The summed E-state index contributed by atoms with van der Waals surface area (Å²) in [6.07, 6.45) is 3.80. The average molecular weight is 401 g/mol. The monoisotopic (exact) mass is 401 g/mol. The van der Waals surface area contributed by atoms with E-state index in [1.54, 1.807) is 12.1 Å². The second kappa shape index (κ2) is 6.77. The van der Waals surface area contributed by atoms with Crippen LogP contribution in [-0.4, -0.2) is 22.5 Å². The summed E-state index contributed by atoms with van der Waals surface area (Å²) in [5.74, 6) is -0.639. The number of carboxylic acid groups (broad SMARTS) is 1. The molecule has 0 radical (unpaired) electrons. The Bertz CT molecular complexity index is 536. The van der Waals surface area contributed by atoms with Gasteiger partial charge in [0.05, 0.1) is 5.56 Å². The van der Waals surface area contributed by atoms with Gasteiger partial charge in [-0.05, 0) is 66.3 Å². The molecule has 0 unspecified atom stereocenters. The van der Waals surface area contributed by atoms with Crippen molar-refractivity contribution in [2.75, 3.05) is 0 Å². The molecule has 0 atom stereocenters. The van der Waals surface area contributed by atoms with Crippen molar-refractivity contribution in [2.24, 2.45) is 5.92 Å². The Labute approximate surface area is 138 Å². The maximum absolute atomic E-state index is 12.4. The predicted molar refractivity (Wildman–Crippen MR) is 89.2 cm³/mol. The minimum Gasteiger partial charge on any atom is -0.480 e. The van der Waals surface area contributed by atoms with Crippen molar-refractivity contribution in [3.63, 3.8) is 0 Å². The standard InChI is InChI=1S/C16H20INO3/c1-2-11-7-9-16(10-8-11,15(20)21)18-14(19)12-5-3-4-6-13(12)17/h3-6,11H,2,7-10H2,1H3,(H,18,19)(H,20,21). The van der Waals surface area contributed by atoms with Crippen molar-refractivity contribution < 1.29 is 14.7 Å². The van der Waals surface area contributed by atoms with E-state index in [-0.39, 0.29) is 5.91 Å². The highest BCUT2D eigenvalue weighted by Gasteiger charge is 2.43. The first-order valence-electron chi connectivity index (χ1n) is 7.29. The van der Waals surface area contributed by atoms with Crippen LogP contribution >= 0.6 is 22.6 Å². The molecule has 2 N–H and O–H groups in total. The lowest BCUT2D eigenvalue weighted by molar-refractivity contribution is -0.146. The first-order chi connectivity index (χ1) is 9.98. The third kappa shape index (κ3) is 3.56. The molecule has 1 aliphatic carbocycles. The Hall–Kier alpha value is -1.11. The van der Waals surface area contributed by atoms with Crippen LogP contribution in [0.1, 0.15) is 49.4 Å². The third-order valence-corrected chi connectivity index (χ3v) is 5.36. The van der Waals surface area contributed by atoms with Crippen molar-refractivity contribution in [1.82, 2.24) is 5.32 Å². The first-order valence-corrected chi connectivity index (χ1v) is 8.37. The summed E-state index contributed by atoms with van der Waals surface area (Å²) >= 11 is 2.09. The highest BCUT2D eigenvalue weighted by atomic mass is 127. The lowest BCUT2D eigenvalue weighted by Gasteiger charge is -2.37. The van der Waals surface area contributed by atoms with Gasteiger partial charge in [0.2, 0.25) is 0 Å². The van der Waals surface area contributed by atoms with Gasteiger partial charge in [-0.2, -0.15) is 0 Å². The average Bonchev–Trinajstić information content (AvgIpc) is 2.48. The lowest BCUT2D eigenvalue weighted by Crippen LogP contribution is -2.56. The van der Waals surface area contributed by atoms with Crippen molar-refractivity contribution in [3.8, 4) is 0 Å². The van der Waals surface area contributed by atoms with E-state index in [4.69, 9.17) is 0 Å². The number of carbonyl (C=O) groups excluding carboxylic acids is 1. The van der Waals surface area contributed by atoms with E-state index in [1.807, 2.05) is 12.1 Å². The number of nitrogens with one attached hydrogen (secondary N) is 1. The number of halogens is 1. The maximum Gasteiger partial charge on any atom is 0.329 e. The van der Waals surface area contributed by atoms with Gasteiger partial charge in [-0.15, -0.1) is 0 Å². The lowest BCUT2D eigenvalue weighted by atomic mass is 9.75. The van der Waals surface area contributed by atoms with Crippen LogP contribution in [0.4, 0.5) is 0 Å². The number of rotatable bonds is 4. The molecule has 1 aromatic rings. The molecule has 0 heterocycles. The fourth-order valence-electron chi connectivity index (χ4n) is 2.90. The van der Waals surface area contributed by atoms with Gasteiger partial charge < -0.3 is 10.4 Å². The Morgan fingerprint density at radius 1 is 1.33 bits per heavy atom. The molecule has 0 aromatic heterocycles. The molecule has 2 rings (SSSR count). The van der Waals surface area contributed by atoms with Gasteiger partial charge in [0.25, 0.3) is 5.91 Å². The van der Waals surface area contributed by atoms with Crippen LogP contribution in [0.15, 0.2) is 24.3 Å². The van der Waals surface area contributed by atoms with Gasteiger partial charge in [-0.1, -0.05) is 25.5 Å². The zero-order chi connectivity index (χ0) is 15.5. The molecule has 114 valence electrons. The first kappa shape index (κ1) is 16.3. The molecule has 0 bridgehead atoms. The van der Waals surface area contributed by atoms with Crippen LogP contribution in [0.25, 0.3) is 0 Å². The highest BCUT2D eigenvalue weighted by Crippen LogP contribution is 2.34. The molecule has 4 nitrogen and oxygen atoms in total. The molecular formula is C16H20INO3. The molecule has 5 heteroatoms. The molecule has 1 fully saturated rings. The second-order valence-electron chi connectivity index (χ2n) is 5.67. The minimum atomic E-state index is -1.11. The van der Waals surface area contributed by atoms with E-state index in [2.05, 4.69) is 34.8 Å². The second-order valence-corrected chi connectivity index (χ2v) is 6.84. The molecule has 1 saturated carbocycles. The van der Waals surface area contributed by atoms with Gasteiger partial charge in [-0.25, -0.2) is 4.79 Å². The number of carboxylic acids is 1. The summed E-state index contributed by atoms with van der Waals surface area (Å²) in [6, 6.07) is 7.22. The van der Waals surface area contributed by atoms with Gasteiger partial charge in [0, 0.05) is 3.57 Å². The molecule has 21 heavy (non-hydrogen) atoms. The summed E-state index contributed by atoms with van der Waals surface area (Å²) in [4.78, 5) is 24.1. The Kier molecular flexibility index (Phi) is 5.24. The number of amides is 1. The molecular weight excluding hydrogens is 381 g/mol. The number of benzene rings is 1. The van der Waals surface area contributed by atoms with E-state index in [1.165, 1.54) is 0 Å². The van der Waals surface area contributed by atoms with E-state index < -0.39 is 11.5 Å². The van der Waals surface area contributed by atoms with Gasteiger partial charge in [0.1, 0.15) is 5.54 Å². The Morgan fingerprint density at radius 2 is 1.95 bits per heavy atom. The number of carbonyl (C=O) groups is 2. The zero-order valence-corrected chi connectivity index (χ0v) is 14.2. The highest BCUT2D eigenvalue weighted by molar-refractivity contribution is 14.1. The molecule has 0 spiro atoms. The number of hydrogen-bond donors (Lipinski definition) is 2. The topological polar surface area (TPSA) is 66.4 Å². The molecule has 0 saturated heterocycles. The quantitative estimate of drug-likeness (QED) is 0.760. The van der Waals surface area contributed by atoms with Crippen molar-refractivity contribution in [1.29, 1.82) is 0 Å². The van der Waals surface area contributed by atoms with Gasteiger partial charge >= 0.3 is 5.97 Å². The smallest absolute Gasteiger partial charge is 0.329 e. The van der Waals surface area contributed by atoms with E-state index in [9.17, 15) is 14.7 Å². The molecule has 1 aromatic carbocycles. The van der Waals surface area contributed by atoms with Crippen LogP contribution in [0.5, 0.6) is 0 Å². The summed E-state index contributed by atoms with van der Waals surface area (Å²) in [5, 5.41) is 12.4. The van der Waals surface area contributed by atoms with Crippen LogP contribution in [-0.2, 0) is 4.79 Å². The van der Waals surface area contributed by atoms with Crippen LogP contribution < -0.4 is 5.32 Å². The summed E-state index contributed by atoms with van der Waals surface area (Å²) < 4.78 is 0.829. The van der Waals surface area contributed by atoms with Gasteiger partial charge in [0.15, 0.2) is 0 Å². The maximum atomic E-state index is 12.4. The predicted octanol–water partition coefficient (Wildman–Crippen LogP) is 3.44. The molecule has 1 aliphatic rings. The Morgan fingerprint density at radius 3 is 2.48 bits per heavy atom. The minimum absolute atomic E-state index is 0.294. The molecule has 0 aliphatic heterocycles. The van der Waals surface area contributed by atoms with E-state index in [0.29, 0.717) is 24.3 Å². The SMILES string of the molecule is CCC1CCC(NC(=O)c2ccccc2I)(C(=O)O)CC1. The Balaban J connectivity index is 2.16. The van der Waals surface area contributed by atoms with Crippen LogP contribution in [0.2, 0.25) is 0 Å².